The van der Waals surface area contributed by atoms with Crippen LogP contribution in [0.2, 0.25) is 0 Å². The van der Waals surface area contributed by atoms with E-state index in [0.717, 1.165) is 17.8 Å². The van der Waals surface area contributed by atoms with Gasteiger partial charge in [-0.2, -0.15) is 5.10 Å². The maximum atomic E-state index is 12.9. The molecule has 11 heteroatoms. The molecule has 10 nitrogen and oxygen atoms in total. The molecule has 0 saturated heterocycles. The number of para-hydroxylation sites is 1. The van der Waals surface area contributed by atoms with Gasteiger partial charge in [0.25, 0.3) is 11.4 Å². The summed E-state index contributed by atoms with van der Waals surface area (Å²) in [6.07, 6.45) is 0. The molecular formula is C21H20N4O6S. The normalized spacial score (nSPS) is 11.2. The minimum absolute atomic E-state index is 0.000143. The SMILES string of the molecule is Cc1nn(C(C)(C)C)c(OC(=O)c2cccc([N+](=O)[O-])c2)c1Sc1ccccc1[N+](=O)[O-]. The maximum absolute atomic E-state index is 12.9. The Morgan fingerprint density at radius 3 is 2.38 bits per heavy atom. The Balaban J connectivity index is 2.07. The third-order valence-electron chi connectivity index (χ3n) is 4.36. The standard InChI is InChI=1S/C21H20N4O6S/c1-13-18(32-17-11-6-5-10-16(17)25(29)30)19(23(22-13)21(2,3)4)31-20(26)14-8-7-9-15(12-14)24(27)28/h5-12H,1-4H3. The number of nitrogens with zero attached hydrogens (tertiary/aromatic N) is 4. The monoisotopic (exact) mass is 456 g/mol. The first-order valence-corrected chi connectivity index (χ1v) is 10.3. The molecule has 0 radical (unpaired) electrons. The second kappa shape index (κ2) is 8.79. The highest BCUT2D eigenvalue weighted by Gasteiger charge is 2.29. The molecule has 0 aliphatic rings. The van der Waals surface area contributed by atoms with E-state index < -0.39 is 21.4 Å². The molecule has 0 amide bonds. The summed E-state index contributed by atoms with van der Waals surface area (Å²) in [6, 6.07) is 11.4. The summed E-state index contributed by atoms with van der Waals surface area (Å²) < 4.78 is 7.19. The average molecular weight is 456 g/mol. The van der Waals surface area contributed by atoms with Gasteiger partial charge in [0, 0.05) is 18.2 Å². The van der Waals surface area contributed by atoms with Gasteiger partial charge in [-0.1, -0.05) is 30.0 Å². The second-order valence-corrected chi connectivity index (χ2v) is 8.88. The van der Waals surface area contributed by atoms with Crippen molar-refractivity contribution >= 4 is 29.1 Å². The number of aromatic nitrogens is 2. The number of non-ortho nitro benzene ring substituents is 1. The molecule has 0 atom stereocenters. The number of carbonyl (C=O) groups excluding carboxylic acids is 1. The second-order valence-electron chi connectivity index (χ2n) is 7.83. The van der Waals surface area contributed by atoms with Gasteiger partial charge < -0.3 is 4.74 Å². The van der Waals surface area contributed by atoms with Crippen LogP contribution < -0.4 is 4.74 Å². The van der Waals surface area contributed by atoms with Gasteiger partial charge in [-0.3, -0.25) is 20.2 Å². The van der Waals surface area contributed by atoms with Gasteiger partial charge in [-0.05, 0) is 39.8 Å². The highest BCUT2D eigenvalue weighted by Crippen LogP contribution is 2.43. The van der Waals surface area contributed by atoms with Crippen molar-refractivity contribution in [3.63, 3.8) is 0 Å². The lowest BCUT2D eigenvalue weighted by atomic mass is 10.1. The molecule has 0 spiro atoms. The number of hydrogen-bond acceptors (Lipinski definition) is 8. The van der Waals surface area contributed by atoms with E-state index in [-0.39, 0.29) is 22.8 Å². The molecule has 1 heterocycles. The molecular weight excluding hydrogens is 436 g/mol. The number of aryl methyl sites for hydroxylation is 1. The summed E-state index contributed by atoms with van der Waals surface area (Å²) in [4.78, 5) is 35.0. The summed E-state index contributed by atoms with van der Waals surface area (Å²) in [5.74, 6) is -0.696. The molecule has 32 heavy (non-hydrogen) atoms. The van der Waals surface area contributed by atoms with Gasteiger partial charge in [0.1, 0.15) is 0 Å². The number of carbonyl (C=O) groups is 1. The number of nitro benzene ring substituents is 2. The number of rotatable bonds is 6. The van der Waals surface area contributed by atoms with Crippen molar-refractivity contribution in [1.82, 2.24) is 9.78 Å². The predicted octanol–water partition coefficient (Wildman–Crippen LogP) is 5.13. The third kappa shape index (κ3) is 4.78. The maximum Gasteiger partial charge on any atom is 0.345 e. The van der Waals surface area contributed by atoms with E-state index in [9.17, 15) is 25.0 Å². The highest BCUT2D eigenvalue weighted by molar-refractivity contribution is 7.99. The fraction of sp³-hybridized carbons (Fsp3) is 0.238. The lowest BCUT2D eigenvalue weighted by Crippen LogP contribution is -2.25. The van der Waals surface area contributed by atoms with Crippen LogP contribution in [0.25, 0.3) is 0 Å². The van der Waals surface area contributed by atoms with Crippen molar-refractivity contribution in [3.8, 4) is 5.88 Å². The van der Waals surface area contributed by atoms with Gasteiger partial charge >= 0.3 is 5.97 Å². The Hall–Kier alpha value is -3.73. The Morgan fingerprint density at radius 2 is 1.75 bits per heavy atom. The largest absolute Gasteiger partial charge is 0.403 e. The molecule has 3 aromatic rings. The van der Waals surface area contributed by atoms with Gasteiger partial charge in [-0.15, -0.1) is 0 Å². The summed E-state index contributed by atoms with van der Waals surface area (Å²) >= 11 is 1.07. The first-order chi connectivity index (χ1) is 15.0. The Kier molecular flexibility index (Phi) is 6.30. The van der Waals surface area contributed by atoms with E-state index >= 15 is 0 Å². The molecule has 2 aromatic carbocycles. The number of benzene rings is 2. The van der Waals surface area contributed by atoms with Gasteiger partial charge in [0.15, 0.2) is 0 Å². The van der Waals surface area contributed by atoms with Crippen molar-refractivity contribution in [1.29, 1.82) is 0 Å². The van der Waals surface area contributed by atoms with Crippen LogP contribution in [0.1, 0.15) is 36.8 Å². The van der Waals surface area contributed by atoms with Crippen LogP contribution >= 0.6 is 11.8 Å². The fourth-order valence-electron chi connectivity index (χ4n) is 2.85. The van der Waals surface area contributed by atoms with Crippen molar-refractivity contribution in [2.24, 2.45) is 0 Å². The molecule has 0 N–H and O–H groups in total. The molecule has 0 bridgehead atoms. The summed E-state index contributed by atoms with van der Waals surface area (Å²) in [5, 5.41) is 27.0. The van der Waals surface area contributed by atoms with Crippen LogP contribution in [-0.4, -0.2) is 25.6 Å². The quantitative estimate of drug-likeness (QED) is 0.283. The number of nitro groups is 2. The Morgan fingerprint density at radius 1 is 1.06 bits per heavy atom. The van der Waals surface area contributed by atoms with Crippen LogP contribution in [0, 0.1) is 27.2 Å². The number of esters is 1. The summed E-state index contributed by atoms with van der Waals surface area (Å²) in [6.45, 7) is 7.31. The van der Waals surface area contributed by atoms with Gasteiger partial charge in [-0.25, -0.2) is 9.48 Å². The number of ether oxygens (including phenoxy) is 1. The Bertz CT molecular complexity index is 1220. The van der Waals surface area contributed by atoms with E-state index in [1.165, 1.54) is 28.9 Å². The molecule has 0 saturated carbocycles. The van der Waals surface area contributed by atoms with Crippen molar-refractivity contribution in [3.05, 3.63) is 80.0 Å². The summed E-state index contributed by atoms with van der Waals surface area (Å²) in [7, 11) is 0. The molecule has 166 valence electrons. The number of hydrogen-bond donors (Lipinski definition) is 0. The highest BCUT2D eigenvalue weighted by atomic mass is 32.2. The van der Waals surface area contributed by atoms with E-state index in [1.54, 1.807) is 25.1 Å². The van der Waals surface area contributed by atoms with Crippen LogP contribution in [0.4, 0.5) is 11.4 Å². The van der Waals surface area contributed by atoms with Gasteiger partial charge in [0.05, 0.1) is 36.4 Å². The molecule has 0 fully saturated rings. The smallest absolute Gasteiger partial charge is 0.345 e. The van der Waals surface area contributed by atoms with Crippen LogP contribution in [0.15, 0.2) is 58.3 Å². The first kappa shape index (κ1) is 22.9. The van der Waals surface area contributed by atoms with E-state index in [1.807, 2.05) is 20.8 Å². The van der Waals surface area contributed by atoms with Crippen LogP contribution in [-0.2, 0) is 5.54 Å². The van der Waals surface area contributed by atoms with Crippen molar-refractivity contribution in [2.75, 3.05) is 0 Å². The lowest BCUT2D eigenvalue weighted by molar-refractivity contribution is -0.387. The Labute approximate surface area is 187 Å². The predicted molar refractivity (Wildman–Crippen MR) is 117 cm³/mol. The average Bonchev–Trinajstić information content (AvgIpc) is 3.04. The fourth-order valence-corrected chi connectivity index (χ4v) is 3.87. The van der Waals surface area contributed by atoms with Crippen LogP contribution in [0.5, 0.6) is 5.88 Å². The first-order valence-electron chi connectivity index (χ1n) is 9.47. The molecule has 1 aromatic heterocycles. The lowest BCUT2D eigenvalue weighted by Gasteiger charge is -2.22. The molecule has 0 unspecified atom stereocenters. The van der Waals surface area contributed by atoms with E-state index in [2.05, 4.69) is 5.10 Å². The topological polar surface area (TPSA) is 130 Å². The zero-order chi connectivity index (χ0) is 23.6. The molecule has 0 aliphatic carbocycles. The van der Waals surface area contributed by atoms with Gasteiger partial charge in [0.2, 0.25) is 5.88 Å². The minimum Gasteiger partial charge on any atom is -0.403 e. The molecule has 3 rings (SSSR count). The minimum atomic E-state index is -0.802. The van der Waals surface area contributed by atoms with Crippen LogP contribution in [0.3, 0.4) is 0 Å². The summed E-state index contributed by atoms with van der Waals surface area (Å²) in [5.41, 5.74) is -0.388. The van der Waals surface area contributed by atoms with E-state index in [0.29, 0.717) is 15.5 Å². The third-order valence-corrected chi connectivity index (χ3v) is 5.60. The van der Waals surface area contributed by atoms with E-state index in [4.69, 9.17) is 4.74 Å². The van der Waals surface area contributed by atoms with Crippen molar-refractivity contribution < 1.29 is 19.4 Å². The zero-order valence-corrected chi connectivity index (χ0v) is 18.6. The zero-order valence-electron chi connectivity index (χ0n) is 17.8. The molecule has 0 aliphatic heterocycles. The van der Waals surface area contributed by atoms with Crippen molar-refractivity contribution in [2.45, 2.75) is 43.0 Å².